The van der Waals surface area contributed by atoms with E-state index in [1.807, 2.05) is 55.5 Å². The van der Waals surface area contributed by atoms with Gasteiger partial charge in [0, 0.05) is 9.86 Å². The molecule has 1 unspecified atom stereocenters. The van der Waals surface area contributed by atoms with Crippen LogP contribution in [0, 0.1) is 6.92 Å². The molecule has 3 aromatic rings. The molecule has 0 saturated carbocycles. The van der Waals surface area contributed by atoms with E-state index in [0.29, 0.717) is 0 Å². The van der Waals surface area contributed by atoms with E-state index in [-0.39, 0.29) is 6.04 Å². The van der Waals surface area contributed by atoms with Gasteiger partial charge in [-0.3, -0.25) is 0 Å². The molecule has 2 nitrogen and oxygen atoms in total. The van der Waals surface area contributed by atoms with Gasteiger partial charge in [0.15, 0.2) is 0 Å². The Morgan fingerprint density at radius 3 is 2.53 bits per heavy atom. The lowest BCUT2D eigenvalue weighted by atomic mass is 10.1. The number of rotatable bonds is 2. The highest BCUT2D eigenvalue weighted by Gasteiger charge is 2.14. The molecule has 3 heteroatoms. The number of furan rings is 1. The molecular formula is C16H14BrNO. The van der Waals surface area contributed by atoms with Crippen LogP contribution in [-0.4, -0.2) is 0 Å². The van der Waals surface area contributed by atoms with E-state index in [1.165, 1.54) is 0 Å². The molecule has 0 aliphatic carbocycles. The quantitative estimate of drug-likeness (QED) is 0.753. The molecule has 19 heavy (non-hydrogen) atoms. The van der Waals surface area contributed by atoms with Crippen molar-refractivity contribution < 1.29 is 4.42 Å². The Morgan fingerprint density at radius 2 is 1.84 bits per heavy atom. The van der Waals surface area contributed by atoms with Crippen LogP contribution < -0.4 is 5.73 Å². The predicted octanol–water partition coefficient (Wildman–Crippen LogP) is 4.55. The molecule has 0 fully saturated rings. The van der Waals surface area contributed by atoms with Crippen molar-refractivity contribution in [1.82, 2.24) is 0 Å². The summed E-state index contributed by atoms with van der Waals surface area (Å²) in [6.45, 7) is 2.04. The lowest BCUT2D eigenvalue weighted by molar-refractivity contribution is 0.523. The predicted molar refractivity (Wildman–Crippen MR) is 81.1 cm³/mol. The highest BCUT2D eigenvalue weighted by molar-refractivity contribution is 9.10. The maximum Gasteiger partial charge on any atom is 0.137 e. The highest BCUT2D eigenvalue weighted by Crippen LogP contribution is 2.28. The number of nitrogens with two attached hydrogens (primary N) is 1. The number of hydrogen-bond acceptors (Lipinski definition) is 2. The monoisotopic (exact) mass is 315 g/mol. The fourth-order valence-electron chi connectivity index (χ4n) is 2.22. The summed E-state index contributed by atoms with van der Waals surface area (Å²) in [7, 11) is 0. The summed E-state index contributed by atoms with van der Waals surface area (Å²) in [5.74, 6) is 0.798. The second kappa shape index (κ2) is 4.83. The van der Waals surface area contributed by atoms with E-state index in [0.717, 1.165) is 32.3 Å². The summed E-state index contributed by atoms with van der Waals surface area (Å²) < 4.78 is 6.95. The van der Waals surface area contributed by atoms with Crippen LogP contribution in [0.5, 0.6) is 0 Å². The zero-order chi connectivity index (χ0) is 13.4. The number of para-hydroxylation sites is 1. The number of fused-ring (bicyclic) bond motifs is 1. The van der Waals surface area contributed by atoms with Gasteiger partial charge in [-0.25, -0.2) is 0 Å². The minimum absolute atomic E-state index is 0.236. The summed E-state index contributed by atoms with van der Waals surface area (Å²) in [6, 6.07) is 15.9. The normalized spacial score (nSPS) is 12.8. The average molecular weight is 316 g/mol. The third kappa shape index (κ3) is 2.31. The fraction of sp³-hybridized carbons (Fsp3) is 0.125. The van der Waals surface area contributed by atoms with Gasteiger partial charge < -0.3 is 10.2 Å². The summed E-state index contributed by atoms with van der Waals surface area (Å²) in [5.41, 5.74) is 9.37. The van der Waals surface area contributed by atoms with Crippen LogP contribution in [0.1, 0.15) is 22.9 Å². The summed E-state index contributed by atoms with van der Waals surface area (Å²) >= 11 is 3.42. The van der Waals surface area contributed by atoms with Crippen LogP contribution in [0.4, 0.5) is 0 Å². The number of aryl methyl sites for hydroxylation is 1. The van der Waals surface area contributed by atoms with E-state index >= 15 is 0 Å². The molecule has 0 aliphatic heterocycles. The first-order valence-electron chi connectivity index (χ1n) is 6.15. The summed E-state index contributed by atoms with van der Waals surface area (Å²) in [6.07, 6.45) is 0. The molecular weight excluding hydrogens is 302 g/mol. The van der Waals surface area contributed by atoms with Gasteiger partial charge in [-0.2, -0.15) is 0 Å². The van der Waals surface area contributed by atoms with Gasteiger partial charge >= 0.3 is 0 Å². The molecule has 0 saturated heterocycles. The molecule has 0 amide bonds. The van der Waals surface area contributed by atoms with E-state index < -0.39 is 0 Å². The first-order chi connectivity index (χ1) is 9.15. The zero-order valence-corrected chi connectivity index (χ0v) is 12.1. The Kier molecular flexibility index (Phi) is 3.17. The Morgan fingerprint density at radius 1 is 1.11 bits per heavy atom. The zero-order valence-electron chi connectivity index (χ0n) is 10.6. The second-order valence-corrected chi connectivity index (χ2v) is 5.59. The van der Waals surface area contributed by atoms with E-state index in [1.54, 1.807) is 0 Å². The summed E-state index contributed by atoms with van der Waals surface area (Å²) in [4.78, 5) is 0. The number of halogens is 1. The molecule has 0 spiro atoms. The number of benzene rings is 2. The van der Waals surface area contributed by atoms with E-state index in [4.69, 9.17) is 10.2 Å². The maximum atomic E-state index is 6.27. The van der Waals surface area contributed by atoms with Crippen molar-refractivity contribution in [3.63, 3.8) is 0 Å². The van der Waals surface area contributed by atoms with Gasteiger partial charge in [-0.1, -0.05) is 46.3 Å². The van der Waals surface area contributed by atoms with Crippen molar-refractivity contribution in [3.05, 3.63) is 69.9 Å². The topological polar surface area (TPSA) is 39.2 Å². The Hall–Kier alpha value is -1.58. The van der Waals surface area contributed by atoms with E-state index in [2.05, 4.69) is 15.9 Å². The molecule has 0 radical (unpaired) electrons. The Balaban J connectivity index is 2.04. The third-order valence-corrected chi connectivity index (χ3v) is 3.82. The molecule has 96 valence electrons. The summed E-state index contributed by atoms with van der Waals surface area (Å²) in [5, 5.41) is 1.10. The van der Waals surface area contributed by atoms with Gasteiger partial charge in [0.05, 0.1) is 6.04 Å². The van der Waals surface area contributed by atoms with Crippen molar-refractivity contribution in [2.75, 3.05) is 0 Å². The van der Waals surface area contributed by atoms with Crippen LogP contribution in [0.3, 0.4) is 0 Å². The maximum absolute atomic E-state index is 6.27. The van der Waals surface area contributed by atoms with Crippen molar-refractivity contribution in [2.24, 2.45) is 5.73 Å². The molecule has 2 N–H and O–H groups in total. The lowest BCUT2D eigenvalue weighted by Crippen LogP contribution is -2.10. The van der Waals surface area contributed by atoms with Crippen LogP contribution >= 0.6 is 15.9 Å². The van der Waals surface area contributed by atoms with Crippen molar-refractivity contribution in [2.45, 2.75) is 13.0 Å². The molecule has 0 aliphatic rings. The van der Waals surface area contributed by atoms with Gasteiger partial charge in [-0.15, -0.1) is 0 Å². The smallest absolute Gasteiger partial charge is 0.137 e. The van der Waals surface area contributed by atoms with Gasteiger partial charge in [0.1, 0.15) is 11.3 Å². The number of hydrogen-bond donors (Lipinski definition) is 1. The van der Waals surface area contributed by atoms with Gasteiger partial charge in [0.2, 0.25) is 0 Å². The standard InChI is InChI=1S/C16H14BrNO/c1-10-3-2-4-12-9-14(19-16(10)12)15(18)11-5-7-13(17)8-6-11/h2-9,15H,18H2,1H3. The molecule has 0 bridgehead atoms. The van der Waals surface area contributed by atoms with Crippen LogP contribution in [0.25, 0.3) is 11.0 Å². The molecule has 1 aromatic heterocycles. The van der Waals surface area contributed by atoms with Crippen LogP contribution in [0.2, 0.25) is 0 Å². The largest absolute Gasteiger partial charge is 0.459 e. The van der Waals surface area contributed by atoms with Crippen molar-refractivity contribution in [3.8, 4) is 0 Å². The lowest BCUT2D eigenvalue weighted by Gasteiger charge is -2.08. The highest BCUT2D eigenvalue weighted by atomic mass is 79.9. The molecule has 2 aromatic carbocycles. The van der Waals surface area contributed by atoms with E-state index in [9.17, 15) is 0 Å². The molecule has 1 atom stereocenters. The first kappa shape index (κ1) is 12.5. The molecule has 3 rings (SSSR count). The SMILES string of the molecule is Cc1cccc2cc(C(N)c3ccc(Br)cc3)oc12. The van der Waals surface area contributed by atoms with Crippen molar-refractivity contribution in [1.29, 1.82) is 0 Å². The van der Waals surface area contributed by atoms with Crippen molar-refractivity contribution >= 4 is 26.9 Å². The third-order valence-electron chi connectivity index (χ3n) is 3.30. The fourth-order valence-corrected chi connectivity index (χ4v) is 2.48. The van der Waals surface area contributed by atoms with Gasteiger partial charge in [-0.05, 0) is 36.2 Å². The van der Waals surface area contributed by atoms with Crippen LogP contribution in [-0.2, 0) is 0 Å². The molecule has 1 heterocycles. The Bertz CT molecular complexity index is 715. The average Bonchev–Trinajstić information content (AvgIpc) is 2.84. The first-order valence-corrected chi connectivity index (χ1v) is 6.94. The minimum Gasteiger partial charge on any atom is -0.459 e. The Labute approximate surface area is 120 Å². The second-order valence-electron chi connectivity index (χ2n) is 4.67. The van der Waals surface area contributed by atoms with Gasteiger partial charge in [0.25, 0.3) is 0 Å². The van der Waals surface area contributed by atoms with Crippen LogP contribution in [0.15, 0.2) is 57.4 Å². The minimum atomic E-state index is -0.236.